The second-order valence-electron chi connectivity index (χ2n) is 25.0. The smallest absolute Gasteiger partial charge is 0.252 e. The van der Waals surface area contributed by atoms with Gasteiger partial charge in [0.05, 0.1) is 0 Å². The molecule has 0 bridgehead atoms. The predicted octanol–water partition coefficient (Wildman–Crippen LogP) is 15.0. The first-order chi connectivity index (χ1) is 29.8. The Labute approximate surface area is 386 Å². The van der Waals surface area contributed by atoms with Gasteiger partial charge in [0, 0.05) is 34.1 Å². The number of fused-ring (bicyclic) bond motifs is 6. The topological polar surface area (TPSA) is 6.48 Å². The number of benzene rings is 6. The van der Waals surface area contributed by atoms with Crippen LogP contribution in [0.5, 0.6) is 0 Å². The molecule has 3 heteroatoms. The zero-order chi connectivity index (χ0) is 45.8. The van der Waals surface area contributed by atoms with Crippen molar-refractivity contribution in [1.82, 2.24) is 0 Å². The van der Waals surface area contributed by atoms with Crippen molar-refractivity contribution in [3.8, 4) is 11.1 Å². The summed E-state index contributed by atoms with van der Waals surface area (Å²) in [7, 11) is 0. The van der Waals surface area contributed by atoms with Gasteiger partial charge in [0.1, 0.15) is 0 Å². The molecule has 2 heterocycles. The zero-order valence-electron chi connectivity index (χ0n) is 41.9. The fourth-order valence-electron chi connectivity index (χ4n) is 12.5. The highest BCUT2D eigenvalue weighted by Gasteiger charge is 2.49. The normalized spacial score (nSPS) is 18.5. The molecule has 328 valence electrons. The van der Waals surface area contributed by atoms with Crippen molar-refractivity contribution < 1.29 is 0 Å². The molecule has 0 spiro atoms. The number of aryl methyl sites for hydroxylation is 2. The Balaban J connectivity index is 1.38. The fraction of sp³-hybridized carbons (Fsp3) is 0.410. The SMILES string of the molecule is Cc1ccc(C(C)(C)C)cc1N1c2ccc(-c3ccccc3)cc2B2c3cc4c(cc3N(c3cc5c(cc3C)C(C)(C)CC5(C)C)c3cc(C(C)(C)C)cc1c32)C(C)(C)CCC4(C)C. The molecule has 10 rings (SSSR count). The first-order valence-electron chi connectivity index (χ1n) is 24.2. The van der Waals surface area contributed by atoms with Crippen LogP contribution in [0.2, 0.25) is 0 Å². The highest BCUT2D eigenvalue weighted by Crippen LogP contribution is 2.55. The summed E-state index contributed by atoms with van der Waals surface area (Å²) in [5.74, 6) is 0. The van der Waals surface area contributed by atoms with E-state index in [0.717, 1.165) is 6.42 Å². The summed E-state index contributed by atoms with van der Waals surface area (Å²) in [6.45, 7) is 38.7. The van der Waals surface area contributed by atoms with Gasteiger partial charge in [-0.05, 0) is 174 Å². The van der Waals surface area contributed by atoms with E-state index in [0.29, 0.717) is 0 Å². The van der Waals surface area contributed by atoms with Crippen molar-refractivity contribution in [3.05, 3.63) is 148 Å². The number of hydrogen-bond donors (Lipinski definition) is 0. The second kappa shape index (κ2) is 13.8. The summed E-state index contributed by atoms with van der Waals surface area (Å²) in [5, 5.41) is 0. The minimum absolute atomic E-state index is 0.00367. The van der Waals surface area contributed by atoms with E-state index in [2.05, 4.69) is 224 Å². The largest absolute Gasteiger partial charge is 0.311 e. The summed E-state index contributed by atoms with van der Waals surface area (Å²) in [6, 6.07) is 41.3. The maximum absolute atomic E-state index is 2.75. The molecule has 2 nitrogen and oxygen atoms in total. The van der Waals surface area contributed by atoms with E-state index in [1.54, 1.807) is 0 Å². The molecule has 0 saturated heterocycles. The highest BCUT2D eigenvalue weighted by atomic mass is 15.2. The van der Waals surface area contributed by atoms with E-state index in [1.807, 2.05) is 0 Å². The lowest BCUT2D eigenvalue weighted by Gasteiger charge is -2.48. The minimum atomic E-state index is -0.0980. The maximum Gasteiger partial charge on any atom is 0.252 e. The Hall–Kier alpha value is -5.02. The molecular weight excluding hydrogens is 771 g/mol. The molecule has 4 aliphatic rings. The van der Waals surface area contributed by atoms with Crippen molar-refractivity contribution in [2.24, 2.45) is 0 Å². The van der Waals surface area contributed by atoms with E-state index < -0.39 is 0 Å². The zero-order valence-corrected chi connectivity index (χ0v) is 41.9. The van der Waals surface area contributed by atoms with Crippen LogP contribution in [0.1, 0.15) is 161 Å². The first kappa shape index (κ1) is 42.9. The quantitative estimate of drug-likeness (QED) is 0.164. The standard InChI is InChI=1S/C61H71BN2/c1-37-22-24-41(56(3,4)5)30-50(37)63-49-25-23-40(39-20-18-17-19-21-39)29-47(49)62-48-33-44-45(59(11,12)27-26-58(44,9)10)35-52(48)64(54-32-42(57(6,7)8)31-53(63)55(54)62)51-34-46-43(28-38(51)2)60(13,14)36-61(46,15)16/h17-25,28-35H,26-27,36H2,1-16H3. The Kier molecular flexibility index (Phi) is 9.22. The van der Waals surface area contributed by atoms with E-state index in [-0.39, 0.29) is 39.2 Å². The third kappa shape index (κ3) is 6.48. The van der Waals surface area contributed by atoms with Crippen LogP contribution in [0.4, 0.5) is 34.1 Å². The van der Waals surface area contributed by atoms with Gasteiger partial charge in [0.15, 0.2) is 0 Å². The Morgan fingerprint density at radius 3 is 1.53 bits per heavy atom. The molecule has 0 radical (unpaired) electrons. The molecule has 0 amide bonds. The van der Waals surface area contributed by atoms with Gasteiger partial charge in [0.2, 0.25) is 0 Å². The molecule has 0 fully saturated rings. The molecule has 2 aliphatic carbocycles. The lowest BCUT2D eigenvalue weighted by atomic mass is 9.33. The Morgan fingerprint density at radius 2 is 0.922 bits per heavy atom. The molecule has 6 aromatic rings. The molecule has 0 atom stereocenters. The third-order valence-electron chi connectivity index (χ3n) is 16.2. The minimum Gasteiger partial charge on any atom is -0.311 e. The number of hydrogen-bond acceptors (Lipinski definition) is 2. The summed E-state index contributed by atoms with van der Waals surface area (Å²) < 4.78 is 0. The monoisotopic (exact) mass is 843 g/mol. The van der Waals surface area contributed by atoms with Gasteiger partial charge in [-0.3, -0.25) is 0 Å². The average molecular weight is 843 g/mol. The molecule has 2 aliphatic heterocycles. The van der Waals surface area contributed by atoms with Crippen LogP contribution < -0.4 is 26.2 Å². The summed E-state index contributed by atoms with van der Waals surface area (Å²) in [6.07, 6.45) is 3.50. The third-order valence-corrected chi connectivity index (χ3v) is 16.2. The van der Waals surface area contributed by atoms with Gasteiger partial charge < -0.3 is 9.80 Å². The van der Waals surface area contributed by atoms with E-state index in [4.69, 9.17) is 0 Å². The fourth-order valence-corrected chi connectivity index (χ4v) is 12.5. The molecule has 64 heavy (non-hydrogen) atoms. The van der Waals surface area contributed by atoms with Crippen molar-refractivity contribution in [1.29, 1.82) is 0 Å². The van der Waals surface area contributed by atoms with Crippen LogP contribution in [-0.4, -0.2) is 6.71 Å². The van der Waals surface area contributed by atoms with Crippen molar-refractivity contribution in [2.45, 2.75) is 163 Å². The molecule has 0 saturated carbocycles. The Bertz CT molecular complexity index is 2910. The van der Waals surface area contributed by atoms with Crippen molar-refractivity contribution >= 4 is 57.2 Å². The van der Waals surface area contributed by atoms with Gasteiger partial charge in [-0.2, -0.15) is 0 Å². The molecular formula is C61H71BN2. The number of nitrogens with zero attached hydrogens (tertiary/aromatic N) is 2. The lowest BCUT2D eigenvalue weighted by Crippen LogP contribution is -2.62. The van der Waals surface area contributed by atoms with Crippen molar-refractivity contribution in [3.63, 3.8) is 0 Å². The molecule has 0 unspecified atom stereocenters. The summed E-state index contributed by atoms with van der Waals surface area (Å²) in [4.78, 5) is 5.41. The first-order valence-corrected chi connectivity index (χ1v) is 24.2. The summed E-state index contributed by atoms with van der Waals surface area (Å²) >= 11 is 0. The predicted molar refractivity (Wildman–Crippen MR) is 279 cm³/mol. The van der Waals surface area contributed by atoms with Crippen molar-refractivity contribution in [2.75, 3.05) is 9.80 Å². The lowest BCUT2D eigenvalue weighted by molar-refractivity contribution is 0.332. The maximum atomic E-state index is 2.75. The van der Waals surface area contributed by atoms with Crippen LogP contribution in [-0.2, 0) is 32.5 Å². The van der Waals surface area contributed by atoms with Crippen LogP contribution in [0.3, 0.4) is 0 Å². The molecule has 0 aromatic heterocycles. The second-order valence-corrected chi connectivity index (χ2v) is 25.0. The Morgan fingerprint density at radius 1 is 0.422 bits per heavy atom. The van der Waals surface area contributed by atoms with Gasteiger partial charge in [0.25, 0.3) is 6.71 Å². The van der Waals surface area contributed by atoms with Gasteiger partial charge in [-0.25, -0.2) is 0 Å². The summed E-state index contributed by atoms with van der Waals surface area (Å²) in [5.41, 5.74) is 26.1. The van der Waals surface area contributed by atoms with E-state index >= 15 is 0 Å². The van der Waals surface area contributed by atoms with E-state index in [9.17, 15) is 0 Å². The van der Waals surface area contributed by atoms with Crippen LogP contribution in [0.25, 0.3) is 11.1 Å². The van der Waals surface area contributed by atoms with Gasteiger partial charge in [-0.1, -0.05) is 164 Å². The molecule has 6 aromatic carbocycles. The average Bonchev–Trinajstić information content (AvgIpc) is 3.39. The highest BCUT2D eigenvalue weighted by molar-refractivity contribution is 7.00. The van der Waals surface area contributed by atoms with Crippen LogP contribution in [0.15, 0.2) is 103 Å². The van der Waals surface area contributed by atoms with Crippen LogP contribution >= 0.6 is 0 Å². The van der Waals surface area contributed by atoms with E-state index in [1.165, 1.54) is 119 Å². The van der Waals surface area contributed by atoms with Gasteiger partial charge in [-0.15, -0.1) is 0 Å². The number of anilines is 6. The number of rotatable bonds is 3. The van der Waals surface area contributed by atoms with Crippen LogP contribution in [0, 0.1) is 13.8 Å². The van der Waals surface area contributed by atoms with Gasteiger partial charge >= 0.3 is 0 Å². The molecule has 0 N–H and O–H groups in total.